The van der Waals surface area contributed by atoms with Crippen molar-refractivity contribution in [2.24, 2.45) is 11.3 Å². The number of likely N-dealkylation sites (tertiary alicyclic amines) is 1. The van der Waals surface area contributed by atoms with Gasteiger partial charge < -0.3 is 19.5 Å². The zero-order valence-electron chi connectivity index (χ0n) is 17.0. The van der Waals surface area contributed by atoms with Crippen LogP contribution in [0.4, 0.5) is 13.2 Å². The molecule has 2 atom stereocenters. The smallest absolute Gasteiger partial charge is 0.475 e. The average molecular weight is 432 g/mol. The predicted octanol–water partition coefficient (Wildman–Crippen LogP) is 1.87. The summed E-state index contributed by atoms with van der Waals surface area (Å²) >= 11 is 0. The Balaban J connectivity index is 0.000000396. The zero-order valence-corrected chi connectivity index (χ0v) is 17.0. The molecule has 0 aliphatic carbocycles. The van der Waals surface area contributed by atoms with Gasteiger partial charge in [-0.15, -0.1) is 0 Å². The third-order valence-corrected chi connectivity index (χ3v) is 5.20. The molecule has 1 aromatic rings. The Hall–Kier alpha value is -2.17. The lowest BCUT2D eigenvalue weighted by molar-refractivity contribution is -0.192. The minimum absolute atomic E-state index is 0.0102. The molecule has 0 saturated carbocycles. The van der Waals surface area contributed by atoms with Crippen molar-refractivity contribution >= 4 is 11.9 Å². The van der Waals surface area contributed by atoms with Gasteiger partial charge in [0.25, 0.3) is 0 Å². The van der Waals surface area contributed by atoms with Gasteiger partial charge in [-0.25, -0.2) is 4.79 Å². The molecule has 168 valence electrons. The number of likely N-dealkylation sites (N-methyl/N-ethyl adjacent to an activating group) is 1. The summed E-state index contributed by atoms with van der Waals surface area (Å²) in [6.45, 7) is 5.27. The van der Waals surface area contributed by atoms with Crippen LogP contribution in [0, 0.1) is 11.3 Å². The predicted molar refractivity (Wildman–Crippen MR) is 102 cm³/mol. The van der Waals surface area contributed by atoms with Gasteiger partial charge in [0.2, 0.25) is 5.91 Å². The van der Waals surface area contributed by atoms with E-state index in [1.54, 1.807) is 19.0 Å². The molecule has 0 aromatic heterocycles. The van der Waals surface area contributed by atoms with Gasteiger partial charge in [0, 0.05) is 45.1 Å². The second-order valence-corrected chi connectivity index (χ2v) is 7.81. The number of carbonyl (C=O) groups excluding carboxylic acids is 1. The second-order valence-electron chi connectivity index (χ2n) is 7.81. The Bertz CT molecular complexity index is 714. The van der Waals surface area contributed by atoms with Gasteiger partial charge in [-0.2, -0.15) is 13.2 Å². The highest BCUT2D eigenvalue weighted by molar-refractivity contribution is 5.76. The standard InChI is InChI=1S/C18H26N2O3.C2HF3O2/c1-19(2)17(21)11-23-14-18-12-20(9-16(18)10-22-13-18)8-15-6-4-3-5-7-15;3-2(4,5)1(6)7/h3-7,16H,8-14H2,1-2H3;(H,6,7)/t16-,18+;/m1./s1. The van der Waals surface area contributed by atoms with Crippen LogP contribution in [0.3, 0.4) is 0 Å². The number of nitrogens with zero attached hydrogens (tertiary/aromatic N) is 2. The number of alkyl halides is 3. The third kappa shape index (κ3) is 6.68. The quantitative estimate of drug-likeness (QED) is 0.740. The van der Waals surface area contributed by atoms with E-state index in [4.69, 9.17) is 19.4 Å². The largest absolute Gasteiger partial charge is 0.490 e. The van der Waals surface area contributed by atoms with E-state index in [0.717, 1.165) is 32.8 Å². The molecule has 2 aliphatic heterocycles. The number of aliphatic carboxylic acids is 1. The Morgan fingerprint density at radius 2 is 1.93 bits per heavy atom. The number of carboxylic acid groups (broad SMARTS) is 1. The molecule has 2 fully saturated rings. The summed E-state index contributed by atoms with van der Waals surface area (Å²) in [5.74, 6) is -2.25. The van der Waals surface area contributed by atoms with Gasteiger partial charge in [-0.1, -0.05) is 30.3 Å². The van der Waals surface area contributed by atoms with E-state index in [2.05, 4.69) is 29.2 Å². The number of rotatable bonds is 6. The Kier molecular flexibility index (Phi) is 8.22. The Labute approximate surface area is 173 Å². The zero-order chi connectivity index (χ0) is 22.4. The number of carbonyl (C=O) groups is 2. The maximum Gasteiger partial charge on any atom is 0.490 e. The minimum atomic E-state index is -5.08. The van der Waals surface area contributed by atoms with E-state index in [1.165, 1.54) is 5.56 Å². The lowest BCUT2D eigenvalue weighted by Gasteiger charge is -2.27. The first kappa shape index (κ1) is 24.1. The molecule has 2 aliphatic rings. The maximum absolute atomic E-state index is 11.7. The molecule has 0 spiro atoms. The van der Waals surface area contributed by atoms with E-state index in [9.17, 15) is 18.0 Å². The minimum Gasteiger partial charge on any atom is -0.475 e. The summed E-state index contributed by atoms with van der Waals surface area (Å²) in [6, 6.07) is 10.6. The molecule has 7 nitrogen and oxygen atoms in total. The summed E-state index contributed by atoms with van der Waals surface area (Å²) < 4.78 is 43.2. The number of benzene rings is 1. The number of amides is 1. The van der Waals surface area contributed by atoms with E-state index in [-0.39, 0.29) is 17.9 Å². The SMILES string of the molecule is CN(C)C(=O)COC[C@]12COC[C@H]1CN(Cc1ccccc1)C2.O=C(O)C(F)(F)F. The third-order valence-electron chi connectivity index (χ3n) is 5.20. The van der Waals surface area contributed by atoms with Crippen molar-refractivity contribution in [2.45, 2.75) is 12.7 Å². The number of hydrogen-bond acceptors (Lipinski definition) is 5. The topological polar surface area (TPSA) is 79.3 Å². The molecule has 0 bridgehead atoms. The van der Waals surface area contributed by atoms with Crippen LogP contribution >= 0.6 is 0 Å². The fourth-order valence-electron chi connectivity index (χ4n) is 3.58. The molecular formula is C20H27F3N2O5. The van der Waals surface area contributed by atoms with Crippen LogP contribution in [0.5, 0.6) is 0 Å². The fourth-order valence-corrected chi connectivity index (χ4v) is 3.58. The van der Waals surface area contributed by atoms with Crippen molar-refractivity contribution in [1.82, 2.24) is 9.80 Å². The van der Waals surface area contributed by atoms with E-state index >= 15 is 0 Å². The molecular weight excluding hydrogens is 405 g/mol. The molecule has 0 radical (unpaired) electrons. The van der Waals surface area contributed by atoms with Crippen molar-refractivity contribution in [3.63, 3.8) is 0 Å². The highest BCUT2D eigenvalue weighted by Gasteiger charge is 2.50. The van der Waals surface area contributed by atoms with Crippen LogP contribution in [0.2, 0.25) is 0 Å². The summed E-state index contributed by atoms with van der Waals surface area (Å²) in [5.41, 5.74) is 1.38. The van der Waals surface area contributed by atoms with Gasteiger partial charge in [-0.3, -0.25) is 9.69 Å². The van der Waals surface area contributed by atoms with E-state index in [1.807, 2.05) is 6.07 Å². The summed E-state index contributed by atoms with van der Waals surface area (Å²) in [6.07, 6.45) is -5.08. The van der Waals surface area contributed by atoms with Gasteiger partial charge in [0.1, 0.15) is 6.61 Å². The van der Waals surface area contributed by atoms with E-state index < -0.39 is 12.1 Å². The number of fused-ring (bicyclic) bond motifs is 1. The Morgan fingerprint density at radius 1 is 1.30 bits per heavy atom. The first-order valence-corrected chi connectivity index (χ1v) is 9.45. The molecule has 10 heteroatoms. The summed E-state index contributed by atoms with van der Waals surface area (Å²) in [5, 5.41) is 7.12. The van der Waals surface area contributed by atoms with Crippen LogP contribution < -0.4 is 0 Å². The fraction of sp³-hybridized carbons (Fsp3) is 0.600. The lowest BCUT2D eigenvalue weighted by atomic mass is 9.82. The van der Waals surface area contributed by atoms with Gasteiger partial charge >= 0.3 is 12.1 Å². The highest BCUT2D eigenvalue weighted by atomic mass is 19.4. The Morgan fingerprint density at radius 3 is 2.50 bits per heavy atom. The molecule has 1 amide bonds. The number of carboxylic acids is 1. The molecule has 0 unspecified atom stereocenters. The van der Waals surface area contributed by atoms with Crippen molar-refractivity contribution < 1.29 is 37.3 Å². The highest BCUT2D eigenvalue weighted by Crippen LogP contribution is 2.42. The van der Waals surface area contributed by atoms with Crippen molar-refractivity contribution in [2.75, 3.05) is 53.6 Å². The average Bonchev–Trinajstić information content (AvgIpc) is 3.18. The van der Waals surface area contributed by atoms with Crippen molar-refractivity contribution in [3.8, 4) is 0 Å². The molecule has 1 aromatic carbocycles. The summed E-state index contributed by atoms with van der Waals surface area (Å²) in [7, 11) is 3.51. The molecule has 2 heterocycles. The summed E-state index contributed by atoms with van der Waals surface area (Å²) in [4.78, 5) is 24.6. The lowest BCUT2D eigenvalue weighted by Crippen LogP contribution is -2.37. The molecule has 1 N–H and O–H groups in total. The van der Waals surface area contributed by atoms with Gasteiger partial charge in [-0.05, 0) is 5.56 Å². The number of halogens is 3. The van der Waals surface area contributed by atoms with Crippen molar-refractivity contribution in [1.29, 1.82) is 0 Å². The van der Waals surface area contributed by atoms with Crippen LogP contribution in [0.15, 0.2) is 30.3 Å². The van der Waals surface area contributed by atoms with Gasteiger partial charge in [0.15, 0.2) is 0 Å². The van der Waals surface area contributed by atoms with Crippen molar-refractivity contribution in [3.05, 3.63) is 35.9 Å². The molecule has 3 rings (SSSR count). The normalized spacial score (nSPS) is 23.4. The molecule has 30 heavy (non-hydrogen) atoms. The maximum atomic E-state index is 11.7. The van der Waals surface area contributed by atoms with E-state index in [0.29, 0.717) is 12.5 Å². The monoisotopic (exact) mass is 432 g/mol. The van der Waals surface area contributed by atoms with Crippen LogP contribution in [0.25, 0.3) is 0 Å². The van der Waals surface area contributed by atoms with Crippen LogP contribution in [0.1, 0.15) is 5.56 Å². The van der Waals surface area contributed by atoms with Gasteiger partial charge in [0.05, 0.1) is 19.8 Å². The first-order valence-electron chi connectivity index (χ1n) is 9.45. The second kappa shape index (κ2) is 10.2. The first-order chi connectivity index (χ1) is 14.0. The number of hydrogen-bond donors (Lipinski definition) is 1. The van der Waals surface area contributed by atoms with Crippen LogP contribution in [-0.2, 0) is 25.6 Å². The van der Waals surface area contributed by atoms with Crippen LogP contribution in [-0.4, -0.2) is 86.6 Å². The number of ether oxygens (including phenoxy) is 2. The molecule has 2 saturated heterocycles.